The Morgan fingerprint density at radius 3 is 3.12 bits per heavy atom. The molecule has 0 saturated carbocycles. The highest BCUT2D eigenvalue weighted by Gasteiger charge is 2.15. The van der Waals surface area contributed by atoms with E-state index in [1.165, 1.54) is 5.56 Å². The summed E-state index contributed by atoms with van der Waals surface area (Å²) in [5, 5.41) is 3.10. The topological polar surface area (TPSA) is 43.4 Å². The van der Waals surface area contributed by atoms with Crippen molar-refractivity contribution in [3.05, 3.63) is 29.6 Å². The summed E-state index contributed by atoms with van der Waals surface area (Å²) < 4.78 is 11.1. The molecule has 0 radical (unpaired) electrons. The molecule has 1 aromatic heterocycles. The van der Waals surface area contributed by atoms with E-state index in [1.54, 1.807) is 0 Å². The Morgan fingerprint density at radius 1 is 1.53 bits per heavy atom. The smallest absolute Gasteiger partial charge is 0.0889 e. The number of nitrogens with one attached hydrogen (secondary N) is 1. The maximum absolute atomic E-state index is 5.60. The molecule has 1 saturated heterocycles. The normalized spacial score (nSPS) is 19.7. The van der Waals surface area contributed by atoms with Gasteiger partial charge in [0, 0.05) is 19.3 Å². The number of nitrogens with zero attached hydrogens (tertiary/aromatic N) is 1. The maximum atomic E-state index is 5.60. The Balaban J connectivity index is 1.70. The number of hydrogen-bond acceptors (Lipinski definition) is 4. The molecule has 0 aromatic carbocycles. The van der Waals surface area contributed by atoms with Crippen molar-refractivity contribution in [1.82, 2.24) is 10.3 Å². The molecule has 1 aliphatic rings. The molecule has 1 aliphatic heterocycles. The highest BCUT2D eigenvalue weighted by Crippen LogP contribution is 2.12. The number of hydrogen-bond donors (Lipinski definition) is 1. The van der Waals surface area contributed by atoms with E-state index in [0.29, 0.717) is 19.3 Å². The molecule has 1 atom stereocenters. The molecule has 2 heterocycles. The van der Waals surface area contributed by atoms with E-state index in [9.17, 15) is 0 Å². The zero-order valence-electron chi connectivity index (χ0n) is 10.3. The van der Waals surface area contributed by atoms with Crippen LogP contribution in [0.25, 0.3) is 0 Å². The highest BCUT2D eigenvalue weighted by atomic mass is 16.5. The Bertz CT molecular complexity index is 321. The van der Waals surface area contributed by atoms with E-state index in [-0.39, 0.29) is 0 Å². The SMILES string of the molecule is CNCc1ccc(COCC2CCCO2)nc1. The molecule has 0 aliphatic carbocycles. The second-order valence-electron chi connectivity index (χ2n) is 4.34. The molecular formula is C13H20N2O2. The average molecular weight is 236 g/mol. The fourth-order valence-electron chi connectivity index (χ4n) is 1.92. The van der Waals surface area contributed by atoms with Gasteiger partial charge in [-0.25, -0.2) is 0 Å². The Morgan fingerprint density at radius 2 is 2.47 bits per heavy atom. The third kappa shape index (κ3) is 4.07. The molecule has 4 nitrogen and oxygen atoms in total. The lowest BCUT2D eigenvalue weighted by Crippen LogP contribution is -2.14. The van der Waals surface area contributed by atoms with E-state index < -0.39 is 0 Å². The summed E-state index contributed by atoms with van der Waals surface area (Å²) in [6.07, 6.45) is 4.46. The Hall–Kier alpha value is -0.970. The van der Waals surface area contributed by atoms with Crippen LogP contribution in [0.1, 0.15) is 24.1 Å². The lowest BCUT2D eigenvalue weighted by molar-refractivity contribution is 0.00965. The van der Waals surface area contributed by atoms with Crippen molar-refractivity contribution in [1.29, 1.82) is 0 Å². The van der Waals surface area contributed by atoms with Crippen LogP contribution in [0.5, 0.6) is 0 Å². The summed E-state index contributed by atoms with van der Waals surface area (Å²) in [6, 6.07) is 4.09. The second kappa shape index (κ2) is 6.69. The first-order chi connectivity index (χ1) is 8.38. The molecule has 4 heteroatoms. The Labute approximate surface area is 102 Å². The zero-order valence-corrected chi connectivity index (χ0v) is 10.3. The van der Waals surface area contributed by atoms with Gasteiger partial charge in [-0.15, -0.1) is 0 Å². The van der Waals surface area contributed by atoms with Gasteiger partial charge in [-0.3, -0.25) is 4.98 Å². The van der Waals surface area contributed by atoms with Crippen LogP contribution >= 0.6 is 0 Å². The molecular weight excluding hydrogens is 216 g/mol. The van der Waals surface area contributed by atoms with Crippen LogP contribution in [0.2, 0.25) is 0 Å². The minimum atomic E-state index is 0.290. The summed E-state index contributed by atoms with van der Waals surface area (Å²) in [7, 11) is 1.93. The fourth-order valence-corrected chi connectivity index (χ4v) is 1.92. The fraction of sp³-hybridized carbons (Fsp3) is 0.615. The zero-order chi connectivity index (χ0) is 11.9. The number of rotatable bonds is 6. The van der Waals surface area contributed by atoms with E-state index in [4.69, 9.17) is 9.47 Å². The molecule has 0 spiro atoms. The van der Waals surface area contributed by atoms with Gasteiger partial charge in [-0.1, -0.05) is 6.07 Å². The van der Waals surface area contributed by atoms with E-state index in [0.717, 1.165) is 31.7 Å². The molecule has 1 aromatic rings. The van der Waals surface area contributed by atoms with Crippen molar-refractivity contribution in [3.8, 4) is 0 Å². The summed E-state index contributed by atoms with van der Waals surface area (Å²) >= 11 is 0. The van der Waals surface area contributed by atoms with Crippen LogP contribution in [0.4, 0.5) is 0 Å². The molecule has 94 valence electrons. The van der Waals surface area contributed by atoms with Gasteiger partial charge >= 0.3 is 0 Å². The predicted molar refractivity (Wildman–Crippen MR) is 65.6 cm³/mol. The predicted octanol–water partition coefficient (Wildman–Crippen LogP) is 1.50. The summed E-state index contributed by atoms with van der Waals surface area (Å²) in [5.74, 6) is 0. The molecule has 1 fully saturated rings. The summed E-state index contributed by atoms with van der Waals surface area (Å²) in [4.78, 5) is 4.36. The first-order valence-corrected chi connectivity index (χ1v) is 6.16. The van der Waals surface area contributed by atoms with Crippen LogP contribution in [0.3, 0.4) is 0 Å². The van der Waals surface area contributed by atoms with Crippen molar-refractivity contribution in [2.45, 2.75) is 32.1 Å². The van der Waals surface area contributed by atoms with Crippen LogP contribution in [-0.2, 0) is 22.6 Å². The first kappa shape index (κ1) is 12.5. The minimum absolute atomic E-state index is 0.290. The van der Waals surface area contributed by atoms with Crippen LogP contribution < -0.4 is 5.32 Å². The maximum Gasteiger partial charge on any atom is 0.0889 e. The molecule has 1 N–H and O–H groups in total. The van der Waals surface area contributed by atoms with Gasteiger partial charge < -0.3 is 14.8 Å². The molecule has 1 unspecified atom stereocenters. The number of ether oxygens (including phenoxy) is 2. The monoisotopic (exact) mass is 236 g/mol. The average Bonchev–Trinajstić information content (AvgIpc) is 2.85. The van der Waals surface area contributed by atoms with E-state index >= 15 is 0 Å². The largest absolute Gasteiger partial charge is 0.376 e. The molecule has 0 bridgehead atoms. The van der Waals surface area contributed by atoms with Crippen molar-refractivity contribution in [2.24, 2.45) is 0 Å². The third-order valence-electron chi connectivity index (χ3n) is 2.84. The third-order valence-corrected chi connectivity index (χ3v) is 2.84. The number of aromatic nitrogens is 1. The second-order valence-corrected chi connectivity index (χ2v) is 4.34. The highest BCUT2D eigenvalue weighted by molar-refractivity contribution is 5.13. The molecule has 2 rings (SSSR count). The lowest BCUT2D eigenvalue weighted by atomic mass is 10.2. The van der Waals surface area contributed by atoms with Crippen molar-refractivity contribution in [2.75, 3.05) is 20.3 Å². The van der Waals surface area contributed by atoms with Gasteiger partial charge in [0.2, 0.25) is 0 Å². The van der Waals surface area contributed by atoms with E-state index in [2.05, 4.69) is 16.4 Å². The van der Waals surface area contributed by atoms with Crippen LogP contribution in [0, 0.1) is 0 Å². The molecule has 0 amide bonds. The Kier molecular flexibility index (Phi) is 4.91. The van der Waals surface area contributed by atoms with Gasteiger partial charge in [0.25, 0.3) is 0 Å². The van der Waals surface area contributed by atoms with Gasteiger partial charge in [-0.2, -0.15) is 0 Å². The van der Waals surface area contributed by atoms with Gasteiger partial charge in [-0.05, 0) is 31.5 Å². The van der Waals surface area contributed by atoms with Crippen molar-refractivity contribution in [3.63, 3.8) is 0 Å². The van der Waals surface area contributed by atoms with Crippen molar-refractivity contribution >= 4 is 0 Å². The van der Waals surface area contributed by atoms with Crippen LogP contribution in [0.15, 0.2) is 18.3 Å². The summed E-state index contributed by atoms with van der Waals surface area (Å²) in [6.45, 7) is 2.98. The van der Waals surface area contributed by atoms with Gasteiger partial charge in [0.1, 0.15) is 0 Å². The van der Waals surface area contributed by atoms with Gasteiger partial charge in [0.15, 0.2) is 0 Å². The van der Waals surface area contributed by atoms with Gasteiger partial charge in [0.05, 0.1) is 25.0 Å². The minimum Gasteiger partial charge on any atom is -0.376 e. The number of pyridine rings is 1. The standard InChI is InChI=1S/C13H20N2O2/c1-14-7-11-4-5-12(15-8-11)9-16-10-13-3-2-6-17-13/h4-5,8,13-14H,2-3,6-7,9-10H2,1H3. The quantitative estimate of drug-likeness (QED) is 0.813. The lowest BCUT2D eigenvalue weighted by Gasteiger charge is -2.09. The summed E-state index contributed by atoms with van der Waals surface area (Å²) in [5.41, 5.74) is 2.17. The van der Waals surface area contributed by atoms with E-state index in [1.807, 2.05) is 19.3 Å². The van der Waals surface area contributed by atoms with Crippen molar-refractivity contribution < 1.29 is 9.47 Å². The van der Waals surface area contributed by atoms with Crippen LogP contribution in [-0.4, -0.2) is 31.3 Å². The molecule has 17 heavy (non-hydrogen) atoms. The first-order valence-electron chi connectivity index (χ1n) is 6.16.